The van der Waals surface area contributed by atoms with Gasteiger partial charge >= 0.3 is 5.97 Å². The molecule has 2 rings (SSSR count). The fourth-order valence-electron chi connectivity index (χ4n) is 2.90. The van der Waals surface area contributed by atoms with E-state index in [0.29, 0.717) is 12.8 Å². The summed E-state index contributed by atoms with van der Waals surface area (Å²) < 4.78 is 0. The summed E-state index contributed by atoms with van der Waals surface area (Å²) in [6.07, 6.45) is 2.37. The lowest BCUT2D eigenvalue weighted by Crippen LogP contribution is -2.56. The van der Waals surface area contributed by atoms with Crippen molar-refractivity contribution < 1.29 is 24.9 Å². The highest BCUT2D eigenvalue weighted by Crippen LogP contribution is 2.33. The Balaban J connectivity index is 2.27. The molecule has 4 N–H and O–H groups in total. The molecule has 114 valence electrons. The molecule has 0 saturated heterocycles. The van der Waals surface area contributed by atoms with Crippen LogP contribution in [0.25, 0.3) is 0 Å². The number of benzene rings is 1. The maximum atomic E-state index is 12.3. The second-order valence-electron chi connectivity index (χ2n) is 5.74. The van der Waals surface area contributed by atoms with Crippen molar-refractivity contribution in [2.75, 3.05) is 0 Å². The van der Waals surface area contributed by atoms with Crippen molar-refractivity contribution in [3.63, 3.8) is 0 Å². The Morgan fingerprint density at radius 3 is 2.67 bits per heavy atom. The fourth-order valence-corrected chi connectivity index (χ4v) is 2.90. The summed E-state index contributed by atoms with van der Waals surface area (Å²) >= 11 is 0. The lowest BCUT2D eigenvalue weighted by Gasteiger charge is -2.37. The summed E-state index contributed by atoms with van der Waals surface area (Å²) in [5.74, 6) is -2.02. The van der Waals surface area contributed by atoms with Crippen LogP contribution in [0.2, 0.25) is 0 Å². The van der Waals surface area contributed by atoms with Gasteiger partial charge in [-0.1, -0.05) is 19.8 Å². The molecule has 1 fully saturated rings. The lowest BCUT2D eigenvalue weighted by molar-refractivity contribution is -0.146. The summed E-state index contributed by atoms with van der Waals surface area (Å²) in [5.41, 5.74) is -1.44. The molecule has 0 radical (unpaired) electrons. The number of rotatable bonds is 3. The summed E-state index contributed by atoms with van der Waals surface area (Å²) in [5, 5.41) is 31.1. The highest BCUT2D eigenvalue weighted by atomic mass is 16.4. The predicted octanol–water partition coefficient (Wildman–Crippen LogP) is 1.86. The van der Waals surface area contributed by atoms with E-state index in [9.17, 15) is 24.9 Å². The Morgan fingerprint density at radius 1 is 1.33 bits per heavy atom. The molecule has 0 aromatic heterocycles. The minimum atomic E-state index is -1.31. The van der Waals surface area contributed by atoms with Gasteiger partial charge in [0.1, 0.15) is 17.0 Å². The van der Waals surface area contributed by atoms with Crippen LogP contribution >= 0.6 is 0 Å². The first kappa shape index (κ1) is 15.2. The van der Waals surface area contributed by atoms with Crippen molar-refractivity contribution in [1.29, 1.82) is 0 Å². The van der Waals surface area contributed by atoms with Crippen LogP contribution in [0.5, 0.6) is 11.5 Å². The number of carbonyl (C=O) groups excluding carboxylic acids is 1. The van der Waals surface area contributed by atoms with Crippen molar-refractivity contribution >= 4 is 11.9 Å². The molecule has 2 atom stereocenters. The molecule has 2 unspecified atom stereocenters. The van der Waals surface area contributed by atoms with E-state index in [4.69, 9.17) is 0 Å². The van der Waals surface area contributed by atoms with E-state index in [1.807, 2.05) is 6.92 Å². The second kappa shape index (κ2) is 5.63. The molecule has 1 amide bonds. The van der Waals surface area contributed by atoms with Crippen LogP contribution in [0.4, 0.5) is 0 Å². The van der Waals surface area contributed by atoms with Crippen molar-refractivity contribution in [2.45, 2.75) is 38.1 Å². The van der Waals surface area contributed by atoms with Crippen molar-refractivity contribution in [3.05, 3.63) is 23.8 Å². The van der Waals surface area contributed by atoms with E-state index in [1.54, 1.807) is 0 Å². The first-order valence-electron chi connectivity index (χ1n) is 6.92. The Bertz CT molecular complexity index is 571. The zero-order chi connectivity index (χ0) is 15.6. The summed E-state index contributed by atoms with van der Waals surface area (Å²) in [6, 6.07) is 3.56. The highest BCUT2D eigenvalue weighted by Gasteiger charge is 2.43. The van der Waals surface area contributed by atoms with Gasteiger partial charge in [0.15, 0.2) is 0 Å². The standard InChI is InChI=1S/C15H19NO5/c1-9-3-2-6-15(8-9,14(20)21)16-13(19)11-7-10(17)4-5-12(11)18/h4-5,7,9,17-18H,2-3,6,8H2,1H3,(H,16,19)(H,20,21). The Morgan fingerprint density at radius 2 is 2.05 bits per heavy atom. The van der Waals surface area contributed by atoms with Crippen molar-refractivity contribution in [2.24, 2.45) is 5.92 Å². The van der Waals surface area contributed by atoms with Crippen molar-refractivity contribution in [3.8, 4) is 11.5 Å². The van der Waals surface area contributed by atoms with E-state index in [-0.39, 0.29) is 23.0 Å². The Hall–Kier alpha value is -2.24. The average Bonchev–Trinajstić information content (AvgIpc) is 2.41. The number of carbonyl (C=O) groups is 2. The Labute approximate surface area is 122 Å². The van der Waals surface area contributed by atoms with Crippen LogP contribution in [-0.2, 0) is 4.79 Å². The molecule has 0 spiro atoms. The third kappa shape index (κ3) is 3.09. The van der Waals surface area contributed by atoms with E-state index >= 15 is 0 Å². The molecule has 6 heteroatoms. The van der Waals surface area contributed by atoms with E-state index in [0.717, 1.165) is 18.9 Å². The van der Waals surface area contributed by atoms with Crippen LogP contribution in [0.15, 0.2) is 18.2 Å². The highest BCUT2D eigenvalue weighted by molar-refractivity contribution is 6.00. The van der Waals surface area contributed by atoms with E-state index < -0.39 is 17.4 Å². The molecule has 1 aliphatic carbocycles. The molecular formula is C15H19NO5. The summed E-state index contributed by atoms with van der Waals surface area (Å²) in [7, 11) is 0. The zero-order valence-electron chi connectivity index (χ0n) is 11.8. The molecule has 0 heterocycles. The fraction of sp³-hybridized carbons (Fsp3) is 0.467. The Kier molecular flexibility index (Phi) is 4.06. The topological polar surface area (TPSA) is 107 Å². The maximum Gasteiger partial charge on any atom is 0.329 e. The summed E-state index contributed by atoms with van der Waals surface area (Å²) in [6.45, 7) is 1.95. The molecule has 1 aromatic carbocycles. The first-order valence-corrected chi connectivity index (χ1v) is 6.92. The van der Waals surface area contributed by atoms with Crippen LogP contribution in [0.3, 0.4) is 0 Å². The molecule has 0 aliphatic heterocycles. The second-order valence-corrected chi connectivity index (χ2v) is 5.74. The zero-order valence-corrected chi connectivity index (χ0v) is 11.8. The van der Waals surface area contributed by atoms with Crippen molar-refractivity contribution in [1.82, 2.24) is 5.32 Å². The van der Waals surface area contributed by atoms with Gasteiger partial charge in [-0.15, -0.1) is 0 Å². The van der Waals surface area contributed by atoms with Gasteiger partial charge in [0, 0.05) is 0 Å². The smallest absolute Gasteiger partial charge is 0.329 e. The molecule has 0 bridgehead atoms. The normalized spacial score (nSPS) is 25.3. The number of aliphatic carboxylic acids is 1. The minimum Gasteiger partial charge on any atom is -0.508 e. The number of carboxylic acid groups (broad SMARTS) is 1. The lowest BCUT2D eigenvalue weighted by atomic mass is 9.76. The summed E-state index contributed by atoms with van der Waals surface area (Å²) in [4.78, 5) is 23.9. The molecule has 21 heavy (non-hydrogen) atoms. The predicted molar refractivity (Wildman–Crippen MR) is 75.2 cm³/mol. The number of phenols is 2. The number of nitrogens with one attached hydrogen (secondary N) is 1. The maximum absolute atomic E-state index is 12.3. The van der Waals surface area contributed by atoms with Gasteiger partial charge in [-0.05, 0) is 37.0 Å². The third-order valence-corrected chi connectivity index (χ3v) is 3.98. The monoisotopic (exact) mass is 293 g/mol. The number of carboxylic acids is 1. The molecule has 1 aromatic rings. The number of amides is 1. The van der Waals surface area contributed by atoms with E-state index in [1.165, 1.54) is 12.1 Å². The van der Waals surface area contributed by atoms with Crippen LogP contribution < -0.4 is 5.32 Å². The van der Waals surface area contributed by atoms with Gasteiger partial charge in [-0.3, -0.25) is 4.79 Å². The number of aromatic hydroxyl groups is 2. The van der Waals surface area contributed by atoms with Crippen LogP contribution in [-0.4, -0.2) is 32.7 Å². The van der Waals surface area contributed by atoms with Gasteiger partial charge < -0.3 is 20.6 Å². The SMILES string of the molecule is CC1CCCC(NC(=O)c2cc(O)ccc2O)(C(=O)O)C1. The molecule has 6 nitrogen and oxygen atoms in total. The quantitative estimate of drug-likeness (QED) is 0.636. The molecule has 1 aliphatic rings. The van der Waals surface area contributed by atoms with Crippen LogP contribution in [0, 0.1) is 5.92 Å². The first-order chi connectivity index (χ1) is 9.84. The molecule has 1 saturated carbocycles. The minimum absolute atomic E-state index is 0.131. The number of phenolic OH excluding ortho intramolecular Hbond substituents is 2. The number of hydrogen-bond acceptors (Lipinski definition) is 4. The van der Waals surface area contributed by atoms with Gasteiger partial charge in [-0.2, -0.15) is 0 Å². The largest absolute Gasteiger partial charge is 0.508 e. The average molecular weight is 293 g/mol. The molecular weight excluding hydrogens is 274 g/mol. The number of hydrogen-bond donors (Lipinski definition) is 4. The van der Waals surface area contributed by atoms with E-state index in [2.05, 4.69) is 5.32 Å². The van der Waals surface area contributed by atoms with Gasteiger partial charge in [0.05, 0.1) is 5.56 Å². The third-order valence-electron chi connectivity index (χ3n) is 3.98. The van der Waals surface area contributed by atoms with Crippen LogP contribution in [0.1, 0.15) is 43.0 Å². The van der Waals surface area contributed by atoms with Gasteiger partial charge in [0.2, 0.25) is 0 Å². The van der Waals surface area contributed by atoms with Gasteiger partial charge in [-0.25, -0.2) is 4.79 Å². The van der Waals surface area contributed by atoms with Gasteiger partial charge in [0.25, 0.3) is 5.91 Å².